The molecule has 1 amide bonds. The summed E-state index contributed by atoms with van der Waals surface area (Å²) in [5, 5.41) is 12.1. The number of thioether (sulfide) groups is 1. The lowest BCUT2D eigenvalue weighted by atomic mass is 10.1. The van der Waals surface area contributed by atoms with Gasteiger partial charge in [0.15, 0.2) is 11.0 Å². The molecule has 2 heterocycles. The zero-order valence-electron chi connectivity index (χ0n) is 16.2. The number of aryl methyl sites for hydroxylation is 3. The summed E-state index contributed by atoms with van der Waals surface area (Å²) in [5.41, 5.74) is 3.90. The van der Waals surface area contributed by atoms with Gasteiger partial charge >= 0.3 is 0 Å². The average Bonchev–Trinajstić information content (AvgIpc) is 3.23. The summed E-state index contributed by atoms with van der Waals surface area (Å²) in [5.74, 6) is 1.51. The Bertz CT molecular complexity index is 941. The molecule has 1 N–H and O–H groups in total. The van der Waals surface area contributed by atoms with Crippen LogP contribution in [0.1, 0.15) is 30.7 Å². The molecule has 0 saturated heterocycles. The minimum atomic E-state index is -0.309. The molecule has 27 heavy (non-hydrogen) atoms. The van der Waals surface area contributed by atoms with Gasteiger partial charge in [0.05, 0.1) is 17.1 Å². The van der Waals surface area contributed by atoms with Gasteiger partial charge in [-0.15, -0.1) is 10.2 Å². The first-order valence-corrected chi connectivity index (χ1v) is 9.81. The number of carbonyl (C=O) groups excluding carboxylic acids is 1. The van der Waals surface area contributed by atoms with E-state index >= 15 is 0 Å². The molecule has 0 radical (unpaired) electrons. The van der Waals surface area contributed by atoms with Crippen LogP contribution in [0.15, 0.2) is 40.1 Å². The molecule has 6 nitrogen and oxygen atoms in total. The summed E-state index contributed by atoms with van der Waals surface area (Å²) in [6.45, 7) is 10.5. The molecule has 0 unspecified atom stereocenters. The fourth-order valence-electron chi connectivity index (χ4n) is 2.93. The van der Waals surface area contributed by atoms with Gasteiger partial charge in [0.2, 0.25) is 5.91 Å². The number of rotatable bonds is 6. The number of nitrogens with one attached hydrogen (secondary N) is 1. The van der Waals surface area contributed by atoms with Gasteiger partial charge in [-0.05, 0) is 51.8 Å². The molecular weight excluding hydrogens is 360 g/mol. The van der Waals surface area contributed by atoms with Gasteiger partial charge in [-0.3, -0.25) is 4.79 Å². The molecule has 2 aromatic heterocycles. The summed E-state index contributed by atoms with van der Waals surface area (Å²) < 4.78 is 7.39. The van der Waals surface area contributed by atoms with E-state index < -0.39 is 0 Å². The maximum absolute atomic E-state index is 12.7. The molecule has 142 valence electrons. The number of para-hydroxylation sites is 1. The smallest absolute Gasteiger partial charge is 0.237 e. The van der Waals surface area contributed by atoms with E-state index in [0.717, 1.165) is 39.1 Å². The van der Waals surface area contributed by atoms with Gasteiger partial charge in [-0.25, -0.2) is 0 Å². The zero-order chi connectivity index (χ0) is 19.6. The first kappa shape index (κ1) is 19.2. The van der Waals surface area contributed by atoms with Crippen LogP contribution in [0.5, 0.6) is 0 Å². The molecule has 0 bridgehead atoms. The summed E-state index contributed by atoms with van der Waals surface area (Å²) in [6, 6.07) is 7.86. The number of benzene rings is 1. The van der Waals surface area contributed by atoms with Crippen molar-refractivity contribution >= 4 is 23.4 Å². The molecule has 1 aromatic carbocycles. The largest absolute Gasteiger partial charge is 0.469 e. The van der Waals surface area contributed by atoms with Crippen molar-refractivity contribution in [2.45, 2.75) is 51.6 Å². The molecule has 0 aliphatic carbocycles. The SMILES string of the molecule is CCn1c(S[C@H](C)C(=O)Nc2c(C)cccc2C)nnc1-c1ccoc1C. The maximum Gasteiger partial charge on any atom is 0.237 e. The zero-order valence-corrected chi connectivity index (χ0v) is 17.1. The van der Waals surface area contributed by atoms with Crippen LogP contribution in [0, 0.1) is 20.8 Å². The Kier molecular flexibility index (Phi) is 5.70. The van der Waals surface area contributed by atoms with E-state index in [2.05, 4.69) is 15.5 Å². The predicted octanol–water partition coefficient (Wildman–Crippen LogP) is 4.60. The lowest BCUT2D eigenvalue weighted by Gasteiger charge is -2.15. The van der Waals surface area contributed by atoms with Crippen molar-refractivity contribution < 1.29 is 9.21 Å². The van der Waals surface area contributed by atoms with Crippen LogP contribution in [0.25, 0.3) is 11.4 Å². The van der Waals surface area contributed by atoms with Crippen molar-refractivity contribution in [3.8, 4) is 11.4 Å². The molecule has 1 atom stereocenters. The summed E-state index contributed by atoms with van der Waals surface area (Å²) >= 11 is 1.40. The molecular formula is C20H24N4O2S. The van der Waals surface area contributed by atoms with E-state index in [4.69, 9.17) is 4.42 Å². The molecule has 0 aliphatic heterocycles. The summed E-state index contributed by atoms with van der Waals surface area (Å²) in [7, 11) is 0. The Morgan fingerprint density at radius 1 is 1.22 bits per heavy atom. The minimum absolute atomic E-state index is 0.0518. The van der Waals surface area contributed by atoms with E-state index in [1.807, 2.05) is 63.5 Å². The number of carbonyl (C=O) groups is 1. The number of aromatic nitrogens is 3. The molecule has 3 rings (SSSR count). The first-order chi connectivity index (χ1) is 12.9. The first-order valence-electron chi connectivity index (χ1n) is 8.93. The monoisotopic (exact) mass is 384 g/mol. The molecule has 0 fully saturated rings. The van der Waals surface area contributed by atoms with Gasteiger partial charge in [-0.2, -0.15) is 0 Å². The Morgan fingerprint density at radius 3 is 2.52 bits per heavy atom. The van der Waals surface area contributed by atoms with Crippen molar-refractivity contribution in [3.63, 3.8) is 0 Å². The second-order valence-corrected chi connectivity index (χ2v) is 7.76. The van der Waals surface area contributed by atoms with E-state index in [-0.39, 0.29) is 11.2 Å². The van der Waals surface area contributed by atoms with Crippen molar-refractivity contribution in [1.29, 1.82) is 0 Å². The standard InChI is InChI=1S/C20H24N4O2S/c1-6-24-18(16-10-11-26-14(16)4)22-23-20(24)27-15(5)19(25)21-17-12(2)8-7-9-13(17)3/h7-11,15H,6H2,1-5H3,(H,21,25)/t15-/m1/s1. The predicted molar refractivity (Wildman–Crippen MR) is 108 cm³/mol. The second-order valence-electron chi connectivity index (χ2n) is 6.46. The highest BCUT2D eigenvalue weighted by Crippen LogP contribution is 2.29. The Balaban J connectivity index is 1.78. The third-order valence-corrected chi connectivity index (χ3v) is 5.59. The number of anilines is 1. The molecule has 0 saturated carbocycles. The normalized spacial score (nSPS) is 12.2. The fraction of sp³-hybridized carbons (Fsp3) is 0.350. The highest BCUT2D eigenvalue weighted by atomic mass is 32.2. The second kappa shape index (κ2) is 8.00. The molecule has 0 spiro atoms. The topological polar surface area (TPSA) is 73.0 Å². The quantitative estimate of drug-likeness (QED) is 0.629. The van der Waals surface area contributed by atoms with Crippen molar-refractivity contribution in [1.82, 2.24) is 14.8 Å². The van der Waals surface area contributed by atoms with Crippen LogP contribution in [-0.4, -0.2) is 25.9 Å². The van der Waals surface area contributed by atoms with E-state index in [9.17, 15) is 4.79 Å². The van der Waals surface area contributed by atoms with Gasteiger partial charge in [0, 0.05) is 12.2 Å². The fourth-order valence-corrected chi connectivity index (χ4v) is 3.84. The molecule has 0 aliphatic rings. The number of furan rings is 1. The van der Waals surface area contributed by atoms with Crippen molar-refractivity contribution in [2.24, 2.45) is 0 Å². The van der Waals surface area contributed by atoms with Gasteiger partial charge < -0.3 is 14.3 Å². The lowest BCUT2D eigenvalue weighted by molar-refractivity contribution is -0.115. The summed E-state index contributed by atoms with van der Waals surface area (Å²) in [6.07, 6.45) is 1.65. The van der Waals surface area contributed by atoms with E-state index in [1.165, 1.54) is 11.8 Å². The molecule has 7 heteroatoms. The van der Waals surface area contributed by atoms with Crippen LogP contribution in [0.2, 0.25) is 0 Å². The van der Waals surface area contributed by atoms with E-state index in [0.29, 0.717) is 6.54 Å². The Morgan fingerprint density at radius 2 is 1.93 bits per heavy atom. The third-order valence-electron chi connectivity index (χ3n) is 4.51. The Hall–Kier alpha value is -2.54. The third kappa shape index (κ3) is 3.93. The van der Waals surface area contributed by atoms with Crippen LogP contribution < -0.4 is 5.32 Å². The number of hydrogen-bond donors (Lipinski definition) is 1. The van der Waals surface area contributed by atoms with Crippen molar-refractivity contribution in [3.05, 3.63) is 47.4 Å². The average molecular weight is 385 g/mol. The van der Waals surface area contributed by atoms with Crippen LogP contribution in [0.4, 0.5) is 5.69 Å². The highest BCUT2D eigenvalue weighted by molar-refractivity contribution is 8.00. The Labute approximate surface area is 163 Å². The summed E-state index contributed by atoms with van der Waals surface area (Å²) in [4.78, 5) is 12.7. The van der Waals surface area contributed by atoms with E-state index in [1.54, 1.807) is 6.26 Å². The number of hydrogen-bond acceptors (Lipinski definition) is 5. The van der Waals surface area contributed by atoms with Gasteiger partial charge in [0.25, 0.3) is 0 Å². The highest BCUT2D eigenvalue weighted by Gasteiger charge is 2.22. The minimum Gasteiger partial charge on any atom is -0.469 e. The number of amides is 1. The van der Waals surface area contributed by atoms with Crippen LogP contribution >= 0.6 is 11.8 Å². The van der Waals surface area contributed by atoms with Crippen LogP contribution in [-0.2, 0) is 11.3 Å². The lowest BCUT2D eigenvalue weighted by Crippen LogP contribution is -2.23. The van der Waals surface area contributed by atoms with Crippen LogP contribution in [0.3, 0.4) is 0 Å². The number of nitrogens with zero attached hydrogens (tertiary/aromatic N) is 3. The van der Waals surface area contributed by atoms with Gasteiger partial charge in [0.1, 0.15) is 5.76 Å². The van der Waals surface area contributed by atoms with Crippen molar-refractivity contribution in [2.75, 3.05) is 5.32 Å². The van der Waals surface area contributed by atoms with Gasteiger partial charge in [-0.1, -0.05) is 30.0 Å². The molecule has 3 aromatic rings. The maximum atomic E-state index is 12.7.